The molecular weight excluding hydrogens is 557 g/mol. The molecule has 1 unspecified atom stereocenters. The molecule has 0 spiro atoms. The Morgan fingerprint density at radius 2 is 1.60 bits per heavy atom. The van der Waals surface area contributed by atoms with Crippen molar-refractivity contribution in [2.24, 2.45) is 0 Å². The number of carboxylic acids is 1. The number of hydrogen-bond acceptors (Lipinski definition) is 6. The SMILES string of the molecule is CSCCC(NC(=O)c1ccc(CN(Cc2ccccc2)c2cccc([N+](=O)[O-])c2)cc1-c1ccccc1C)C(=O)O.[Li+]. The van der Waals surface area contributed by atoms with Crippen molar-refractivity contribution in [1.82, 2.24) is 5.32 Å². The predicted octanol–water partition coefficient (Wildman–Crippen LogP) is 3.72. The normalized spacial score (nSPS) is 11.2. The predicted molar refractivity (Wildman–Crippen MR) is 168 cm³/mol. The van der Waals surface area contributed by atoms with Gasteiger partial charge < -0.3 is 15.3 Å². The van der Waals surface area contributed by atoms with Crippen molar-refractivity contribution in [2.75, 3.05) is 16.9 Å². The van der Waals surface area contributed by atoms with Crippen LogP contribution in [0.2, 0.25) is 0 Å². The first kappa shape index (κ1) is 33.5. The first-order valence-corrected chi connectivity index (χ1v) is 14.9. The molecule has 0 aliphatic rings. The van der Waals surface area contributed by atoms with E-state index in [-0.39, 0.29) is 24.5 Å². The number of hydrogen-bond donors (Lipinski definition) is 2. The van der Waals surface area contributed by atoms with Crippen LogP contribution in [0.5, 0.6) is 0 Å². The van der Waals surface area contributed by atoms with E-state index in [1.807, 2.05) is 86.0 Å². The van der Waals surface area contributed by atoms with Crippen LogP contribution in [-0.2, 0) is 17.9 Å². The van der Waals surface area contributed by atoms with E-state index in [0.29, 0.717) is 42.1 Å². The number of anilines is 1. The van der Waals surface area contributed by atoms with E-state index in [1.165, 1.54) is 17.8 Å². The number of benzene rings is 4. The van der Waals surface area contributed by atoms with Gasteiger partial charge in [-0.3, -0.25) is 14.9 Å². The molecule has 1 amide bonds. The second kappa shape index (κ2) is 16.0. The van der Waals surface area contributed by atoms with E-state index in [9.17, 15) is 24.8 Å². The van der Waals surface area contributed by atoms with E-state index < -0.39 is 22.8 Å². The first-order chi connectivity index (χ1) is 20.3. The third kappa shape index (κ3) is 8.98. The second-order valence-corrected chi connectivity index (χ2v) is 10.9. The third-order valence-electron chi connectivity index (χ3n) is 6.97. The van der Waals surface area contributed by atoms with Crippen LogP contribution in [0.15, 0.2) is 97.1 Å². The van der Waals surface area contributed by atoms with Gasteiger partial charge in [0.25, 0.3) is 11.6 Å². The van der Waals surface area contributed by atoms with Gasteiger partial charge in [-0.05, 0) is 71.4 Å². The van der Waals surface area contributed by atoms with Crippen LogP contribution < -0.4 is 29.1 Å². The van der Waals surface area contributed by atoms with Gasteiger partial charge in [0, 0.05) is 36.5 Å². The number of aliphatic carboxylic acids is 1. The number of thioether (sulfide) groups is 1. The summed E-state index contributed by atoms with van der Waals surface area (Å²) in [6.45, 7) is 2.90. The Labute approximate surface area is 267 Å². The zero-order valence-electron chi connectivity index (χ0n) is 24.5. The number of nitro benzene ring substituents is 1. The Morgan fingerprint density at radius 1 is 0.907 bits per heavy atom. The molecule has 0 bridgehead atoms. The van der Waals surface area contributed by atoms with Crippen molar-refractivity contribution < 1.29 is 38.5 Å². The number of nitro groups is 1. The molecule has 4 aromatic carbocycles. The molecule has 0 saturated carbocycles. The molecular formula is C33H33LiN3O5S+. The Bertz CT molecular complexity index is 1570. The van der Waals surface area contributed by atoms with Crippen molar-refractivity contribution in [1.29, 1.82) is 0 Å². The molecule has 43 heavy (non-hydrogen) atoms. The molecule has 10 heteroatoms. The topological polar surface area (TPSA) is 113 Å². The fourth-order valence-electron chi connectivity index (χ4n) is 4.78. The van der Waals surface area contributed by atoms with E-state index in [0.717, 1.165) is 22.3 Å². The van der Waals surface area contributed by atoms with Gasteiger partial charge in [0.05, 0.1) is 4.92 Å². The maximum Gasteiger partial charge on any atom is 1.00 e. The molecule has 0 radical (unpaired) electrons. The van der Waals surface area contributed by atoms with Crippen LogP contribution in [0.3, 0.4) is 0 Å². The number of nitrogens with one attached hydrogen (secondary N) is 1. The van der Waals surface area contributed by atoms with E-state index in [4.69, 9.17) is 0 Å². The molecule has 0 fully saturated rings. The summed E-state index contributed by atoms with van der Waals surface area (Å²) in [5.41, 5.74) is 5.56. The Hall–Kier alpha value is -4.03. The number of carboxylic acid groups (broad SMARTS) is 1. The molecule has 216 valence electrons. The van der Waals surface area contributed by atoms with Gasteiger partial charge in [0.1, 0.15) is 6.04 Å². The van der Waals surface area contributed by atoms with Crippen LogP contribution in [-0.4, -0.2) is 40.0 Å². The van der Waals surface area contributed by atoms with Crippen molar-refractivity contribution in [3.8, 4) is 11.1 Å². The number of aryl methyl sites for hydroxylation is 1. The fourth-order valence-corrected chi connectivity index (χ4v) is 5.25. The van der Waals surface area contributed by atoms with Gasteiger partial charge in [-0.2, -0.15) is 11.8 Å². The van der Waals surface area contributed by atoms with Crippen LogP contribution >= 0.6 is 11.8 Å². The van der Waals surface area contributed by atoms with Crippen molar-refractivity contribution >= 4 is 35.0 Å². The third-order valence-corrected chi connectivity index (χ3v) is 7.62. The second-order valence-electron chi connectivity index (χ2n) is 9.96. The zero-order valence-corrected chi connectivity index (χ0v) is 25.3. The van der Waals surface area contributed by atoms with Crippen molar-refractivity contribution in [3.05, 3.63) is 129 Å². The van der Waals surface area contributed by atoms with E-state index >= 15 is 0 Å². The fraction of sp³-hybridized carbons (Fsp3) is 0.212. The number of carbonyl (C=O) groups excluding carboxylic acids is 1. The standard InChI is InChI=1S/C33H33N3O5S.Li/c1-23-9-6-7-14-28(23)30-19-25(15-16-29(30)32(37)34-31(33(38)39)17-18-42-2)22-35(21-24-10-4-3-5-11-24)26-12-8-13-27(20-26)36(40)41;/h3-16,19-20,31H,17-18,21-22H2,1-2H3,(H,34,37)(H,38,39);/q;+1. The van der Waals surface area contributed by atoms with E-state index in [2.05, 4.69) is 10.2 Å². The number of amides is 1. The van der Waals surface area contributed by atoms with Crippen molar-refractivity contribution in [2.45, 2.75) is 32.5 Å². The summed E-state index contributed by atoms with van der Waals surface area (Å²) in [4.78, 5) is 38.5. The smallest absolute Gasteiger partial charge is 0.480 e. The van der Waals surface area contributed by atoms with Crippen LogP contribution in [0.1, 0.15) is 33.5 Å². The molecule has 2 N–H and O–H groups in total. The minimum atomic E-state index is -1.07. The average Bonchev–Trinajstić information content (AvgIpc) is 2.99. The Morgan fingerprint density at radius 3 is 2.28 bits per heavy atom. The summed E-state index contributed by atoms with van der Waals surface area (Å²) in [6.07, 6.45) is 2.21. The Kier molecular flexibility index (Phi) is 12.4. The Balaban J connectivity index is 0.00000506. The molecule has 0 aliphatic heterocycles. The van der Waals surface area contributed by atoms with Gasteiger partial charge in [-0.25, -0.2) is 4.79 Å². The zero-order chi connectivity index (χ0) is 30.1. The van der Waals surface area contributed by atoms with Crippen LogP contribution in [0.25, 0.3) is 11.1 Å². The number of non-ortho nitro benzene ring substituents is 1. The monoisotopic (exact) mass is 590 g/mol. The minimum absolute atomic E-state index is 0. The summed E-state index contributed by atoms with van der Waals surface area (Å²) in [7, 11) is 0. The summed E-state index contributed by atoms with van der Waals surface area (Å²) < 4.78 is 0. The maximum absolute atomic E-state index is 13.5. The van der Waals surface area contributed by atoms with Gasteiger partial charge in [0.2, 0.25) is 0 Å². The first-order valence-electron chi connectivity index (χ1n) is 13.5. The number of carbonyl (C=O) groups is 2. The quantitative estimate of drug-likeness (QED) is 0.139. The largest absolute Gasteiger partial charge is 1.00 e. The summed E-state index contributed by atoms with van der Waals surface area (Å²) in [5.74, 6) is -0.913. The molecule has 4 aromatic rings. The van der Waals surface area contributed by atoms with Gasteiger partial charge in [0.15, 0.2) is 0 Å². The van der Waals surface area contributed by atoms with Gasteiger partial charge >= 0.3 is 24.8 Å². The van der Waals surface area contributed by atoms with Gasteiger partial charge in [-0.15, -0.1) is 0 Å². The average molecular weight is 591 g/mol. The summed E-state index contributed by atoms with van der Waals surface area (Å²) in [5, 5.41) is 23.9. The van der Waals surface area contributed by atoms with Gasteiger partial charge in [-0.1, -0.05) is 66.7 Å². The van der Waals surface area contributed by atoms with Crippen LogP contribution in [0.4, 0.5) is 11.4 Å². The molecule has 8 nitrogen and oxygen atoms in total. The van der Waals surface area contributed by atoms with E-state index in [1.54, 1.807) is 18.2 Å². The maximum atomic E-state index is 13.5. The molecule has 0 aromatic heterocycles. The summed E-state index contributed by atoms with van der Waals surface area (Å²) >= 11 is 1.52. The molecule has 0 aliphatic carbocycles. The molecule has 0 saturated heterocycles. The molecule has 0 heterocycles. The minimum Gasteiger partial charge on any atom is -0.480 e. The summed E-state index contributed by atoms with van der Waals surface area (Å²) in [6, 6.07) is 28.7. The van der Waals surface area contributed by atoms with Crippen molar-refractivity contribution in [3.63, 3.8) is 0 Å². The molecule has 4 rings (SSSR count). The van der Waals surface area contributed by atoms with Crippen LogP contribution in [0, 0.1) is 17.0 Å². The number of rotatable bonds is 13. The molecule has 1 atom stereocenters. The number of nitrogens with zero attached hydrogens (tertiary/aromatic N) is 2.